The van der Waals surface area contributed by atoms with E-state index in [0.717, 1.165) is 12.8 Å². The van der Waals surface area contributed by atoms with Crippen LogP contribution in [-0.2, 0) is 9.53 Å². The second-order valence-electron chi connectivity index (χ2n) is 5.59. The number of esters is 1. The van der Waals surface area contributed by atoms with E-state index in [1.54, 1.807) is 6.92 Å². The van der Waals surface area contributed by atoms with Crippen LogP contribution in [0.25, 0.3) is 0 Å². The van der Waals surface area contributed by atoms with Crippen molar-refractivity contribution in [2.45, 2.75) is 32.7 Å². The molecule has 1 aromatic heterocycles. The third-order valence-electron chi connectivity index (χ3n) is 4.09. The van der Waals surface area contributed by atoms with Gasteiger partial charge in [-0.2, -0.15) is 0 Å². The van der Waals surface area contributed by atoms with Gasteiger partial charge in [0.25, 0.3) is 0 Å². The molecule has 0 radical (unpaired) electrons. The zero-order valence-corrected chi connectivity index (χ0v) is 13.1. The number of ether oxygens (including phenoxy) is 1. The summed E-state index contributed by atoms with van der Waals surface area (Å²) in [6, 6.07) is 0.220. The van der Waals surface area contributed by atoms with Gasteiger partial charge in [-0.25, -0.2) is 9.37 Å². The van der Waals surface area contributed by atoms with Gasteiger partial charge >= 0.3 is 5.97 Å². The molecule has 2 aliphatic rings. The van der Waals surface area contributed by atoms with Crippen LogP contribution in [0.15, 0.2) is 0 Å². The minimum Gasteiger partial charge on any atom is -0.465 e. The number of hydrogen-bond acceptors (Lipinski definition) is 5. The Kier molecular flexibility index (Phi) is 3.80. The van der Waals surface area contributed by atoms with Gasteiger partial charge in [-0.3, -0.25) is 9.59 Å². The monoisotopic (exact) mass is 326 g/mol. The molecule has 1 aromatic rings. The molecule has 0 bridgehead atoms. The van der Waals surface area contributed by atoms with E-state index in [-0.39, 0.29) is 35.5 Å². The highest BCUT2D eigenvalue weighted by atomic mass is 35.5. The number of aromatic nitrogens is 1. The quantitative estimate of drug-likeness (QED) is 0.485. The lowest BCUT2D eigenvalue weighted by Gasteiger charge is -2.34. The van der Waals surface area contributed by atoms with Crippen LogP contribution < -0.4 is 4.90 Å². The summed E-state index contributed by atoms with van der Waals surface area (Å²) in [5, 5.41) is -0.246. The molecule has 0 spiro atoms. The molecule has 1 aliphatic heterocycles. The Morgan fingerprint density at radius 2 is 2.18 bits per heavy atom. The van der Waals surface area contributed by atoms with Crippen LogP contribution in [0.2, 0.25) is 5.15 Å². The van der Waals surface area contributed by atoms with Crippen LogP contribution >= 0.6 is 11.6 Å². The van der Waals surface area contributed by atoms with Crippen molar-refractivity contribution in [1.29, 1.82) is 0 Å². The second-order valence-corrected chi connectivity index (χ2v) is 5.95. The first-order chi connectivity index (χ1) is 10.5. The number of carbonyl (C=O) groups is 2. The number of anilines is 1. The maximum atomic E-state index is 14.0. The van der Waals surface area contributed by atoms with E-state index in [9.17, 15) is 14.0 Å². The Bertz CT molecular complexity index is 661. The largest absolute Gasteiger partial charge is 0.465 e. The van der Waals surface area contributed by atoms with Crippen molar-refractivity contribution in [2.75, 3.05) is 18.1 Å². The van der Waals surface area contributed by atoms with Crippen LogP contribution in [0.4, 0.5) is 10.2 Å². The lowest BCUT2D eigenvalue weighted by Crippen LogP contribution is -2.45. The number of carbonyl (C=O) groups excluding carboxylic acids is 2. The van der Waals surface area contributed by atoms with E-state index in [1.165, 1.54) is 6.92 Å². The highest BCUT2D eigenvalue weighted by Gasteiger charge is 2.44. The minimum absolute atomic E-state index is 0.139. The topological polar surface area (TPSA) is 59.5 Å². The number of ketones is 1. The first kappa shape index (κ1) is 15.2. The van der Waals surface area contributed by atoms with Crippen molar-refractivity contribution in [3.8, 4) is 0 Å². The summed E-state index contributed by atoms with van der Waals surface area (Å²) in [5.74, 6) is -2.27. The van der Waals surface area contributed by atoms with Crippen LogP contribution in [-0.4, -0.2) is 35.9 Å². The Hall–Kier alpha value is -1.69. The van der Waals surface area contributed by atoms with Gasteiger partial charge in [0.05, 0.1) is 12.2 Å². The third-order valence-corrected chi connectivity index (χ3v) is 4.34. The molecular weight excluding hydrogens is 311 g/mol. The highest BCUT2D eigenvalue weighted by Crippen LogP contribution is 2.40. The molecule has 3 rings (SSSR count). The molecule has 5 nitrogen and oxygen atoms in total. The Balaban J connectivity index is 2.10. The molecule has 22 heavy (non-hydrogen) atoms. The molecule has 0 amide bonds. The summed E-state index contributed by atoms with van der Waals surface area (Å²) >= 11 is 5.82. The number of fused-ring (bicyclic) bond motifs is 1. The molecule has 7 heteroatoms. The zero-order chi connectivity index (χ0) is 16.0. The lowest BCUT2D eigenvalue weighted by atomic mass is 9.90. The summed E-state index contributed by atoms with van der Waals surface area (Å²) in [7, 11) is 0. The molecule has 118 valence electrons. The van der Waals surface area contributed by atoms with Gasteiger partial charge in [0.15, 0.2) is 16.8 Å². The number of halogens is 2. The van der Waals surface area contributed by atoms with E-state index in [4.69, 9.17) is 16.3 Å². The average Bonchev–Trinajstić information content (AvgIpc) is 3.29. The van der Waals surface area contributed by atoms with Gasteiger partial charge in [-0.1, -0.05) is 11.6 Å². The zero-order valence-electron chi connectivity index (χ0n) is 12.4. The number of hydrogen-bond donors (Lipinski definition) is 0. The van der Waals surface area contributed by atoms with Gasteiger partial charge in [0, 0.05) is 18.2 Å². The summed E-state index contributed by atoms with van der Waals surface area (Å²) in [4.78, 5) is 30.6. The first-order valence-corrected chi connectivity index (χ1v) is 7.66. The molecular formula is C15H16ClFN2O3. The van der Waals surface area contributed by atoms with E-state index in [2.05, 4.69) is 4.98 Å². The molecule has 0 unspecified atom stereocenters. The fourth-order valence-corrected chi connectivity index (χ4v) is 3.03. The fraction of sp³-hybridized carbons (Fsp3) is 0.533. The molecule has 1 atom stereocenters. The van der Waals surface area contributed by atoms with Gasteiger partial charge in [0.1, 0.15) is 11.7 Å². The lowest BCUT2D eigenvalue weighted by molar-refractivity contribution is -0.145. The molecule has 0 N–H and O–H groups in total. The summed E-state index contributed by atoms with van der Waals surface area (Å²) in [5.41, 5.74) is 0.290. The van der Waals surface area contributed by atoms with Crippen molar-refractivity contribution in [1.82, 2.24) is 4.98 Å². The van der Waals surface area contributed by atoms with Crippen LogP contribution in [0.1, 0.15) is 35.7 Å². The predicted octanol–water partition coefficient (Wildman–Crippen LogP) is 2.53. The fourth-order valence-electron chi connectivity index (χ4n) is 2.81. The van der Waals surface area contributed by atoms with Gasteiger partial charge < -0.3 is 9.64 Å². The maximum absolute atomic E-state index is 14.0. The summed E-state index contributed by atoms with van der Waals surface area (Å²) in [6.45, 7) is 3.58. The Morgan fingerprint density at radius 3 is 2.77 bits per heavy atom. The van der Waals surface area contributed by atoms with Crippen molar-refractivity contribution in [3.63, 3.8) is 0 Å². The molecule has 2 heterocycles. The first-order valence-electron chi connectivity index (χ1n) is 7.28. The molecule has 0 saturated heterocycles. The standard InChI is InChI=1S/C15H16ClFN2O3/c1-3-22-15(21)9-6-19(8-4-5-8)14-10(12(9)20)7(2)11(17)13(16)18-14/h8-9H,3-6H2,1-2H3/t9-/m0/s1. The summed E-state index contributed by atoms with van der Waals surface area (Å²) in [6.07, 6.45) is 1.91. The van der Waals surface area contributed by atoms with Crippen LogP contribution in [0.5, 0.6) is 0 Å². The number of rotatable bonds is 3. The van der Waals surface area contributed by atoms with E-state index in [1.807, 2.05) is 4.90 Å². The van der Waals surface area contributed by atoms with Crippen LogP contribution in [0.3, 0.4) is 0 Å². The number of nitrogens with zero attached hydrogens (tertiary/aromatic N) is 2. The highest BCUT2D eigenvalue weighted by molar-refractivity contribution is 6.30. The van der Waals surface area contributed by atoms with Crippen molar-refractivity contribution in [2.24, 2.45) is 5.92 Å². The maximum Gasteiger partial charge on any atom is 0.318 e. The normalized spacial score (nSPS) is 20.8. The van der Waals surface area contributed by atoms with Crippen molar-refractivity contribution >= 4 is 29.2 Å². The van der Waals surface area contributed by atoms with Gasteiger partial charge in [-0.15, -0.1) is 0 Å². The second kappa shape index (κ2) is 5.50. The predicted molar refractivity (Wildman–Crippen MR) is 78.8 cm³/mol. The minimum atomic E-state index is -0.936. The molecule has 0 aromatic carbocycles. The Morgan fingerprint density at radius 1 is 1.50 bits per heavy atom. The van der Waals surface area contributed by atoms with Gasteiger partial charge in [0.2, 0.25) is 0 Å². The molecule has 1 fully saturated rings. The van der Waals surface area contributed by atoms with Crippen molar-refractivity contribution in [3.05, 3.63) is 22.1 Å². The smallest absolute Gasteiger partial charge is 0.318 e. The van der Waals surface area contributed by atoms with Crippen LogP contribution in [0, 0.1) is 18.7 Å². The van der Waals surface area contributed by atoms with E-state index < -0.39 is 23.5 Å². The molecule has 1 aliphatic carbocycles. The average molecular weight is 327 g/mol. The molecule has 1 saturated carbocycles. The van der Waals surface area contributed by atoms with E-state index in [0.29, 0.717) is 5.82 Å². The number of pyridine rings is 1. The Labute approximate surface area is 132 Å². The number of Topliss-reactive ketones (excluding diaryl/α,β-unsaturated/α-hetero) is 1. The van der Waals surface area contributed by atoms with Gasteiger partial charge in [-0.05, 0) is 26.7 Å². The SMILES string of the molecule is CCOC(=O)[C@H]1CN(C2CC2)c2nc(Cl)c(F)c(C)c2C1=O. The summed E-state index contributed by atoms with van der Waals surface area (Å²) < 4.78 is 19.0. The van der Waals surface area contributed by atoms with E-state index >= 15 is 0 Å². The third kappa shape index (κ3) is 2.35. The van der Waals surface area contributed by atoms with Crippen molar-refractivity contribution < 1.29 is 18.7 Å².